The molecule has 5 nitrogen and oxygen atoms in total. The molecule has 0 spiro atoms. The van der Waals surface area contributed by atoms with Crippen molar-refractivity contribution in [2.75, 3.05) is 18.0 Å². The van der Waals surface area contributed by atoms with E-state index in [4.69, 9.17) is 10.8 Å². The van der Waals surface area contributed by atoms with Crippen LogP contribution in [0.2, 0.25) is 0 Å². The van der Waals surface area contributed by atoms with Gasteiger partial charge in [-0.3, -0.25) is 0 Å². The van der Waals surface area contributed by atoms with Gasteiger partial charge in [-0.2, -0.15) is 0 Å². The maximum absolute atomic E-state index is 11.0. The lowest BCUT2D eigenvalue weighted by atomic mass is 10.1. The molecular weight excluding hydrogens is 206 g/mol. The van der Waals surface area contributed by atoms with E-state index >= 15 is 0 Å². The van der Waals surface area contributed by atoms with E-state index in [9.17, 15) is 4.79 Å². The Hall–Kier alpha value is -1.62. The SMILES string of the molecule is NC1CCN(c2ncccc2C(=O)O)CC1. The molecule has 2 rings (SSSR count). The van der Waals surface area contributed by atoms with Gasteiger partial charge < -0.3 is 15.7 Å². The predicted molar refractivity (Wildman–Crippen MR) is 60.6 cm³/mol. The molecule has 0 aliphatic carbocycles. The Balaban J connectivity index is 2.23. The molecule has 0 atom stereocenters. The minimum Gasteiger partial charge on any atom is -0.478 e. The van der Waals surface area contributed by atoms with E-state index in [1.807, 2.05) is 4.90 Å². The summed E-state index contributed by atoms with van der Waals surface area (Å²) in [5.74, 6) is -0.375. The molecule has 0 aromatic carbocycles. The van der Waals surface area contributed by atoms with Crippen LogP contribution in [-0.2, 0) is 0 Å². The zero-order valence-corrected chi connectivity index (χ0v) is 8.97. The van der Waals surface area contributed by atoms with Crippen LogP contribution < -0.4 is 10.6 Å². The van der Waals surface area contributed by atoms with E-state index < -0.39 is 5.97 Å². The summed E-state index contributed by atoms with van der Waals surface area (Å²) in [6.45, 7) is 1.55. The number of nitrogens with zero attached hydrogens (tertiary/aromatic N) is 2. The molecule has 0 radical (unpaired) electrons. The number of carboxylic acids is 1. The Morgan fingerprint density at radius 1 is 1.50 bits per heavy atom. The molecule has 0 bridgehead atoms. The topological polar surface area (TPSA) is 79.5 Å². The number of carbonyl (C=O) groups is 1. The van der Waals surface area contributed by atoms with E-state index in [2.05, 4.69) is 4.98 Å². The molecule has 2 heterocycles. The lowest BCUT2D eigenvalue weighted by molar-refractivity contribution is 0.0697. The van der Waals surface area contributed by atoms with Gasteiger partial charge in [-0.15, -0.1) is 0 Å². The molecule has 0 unspecified atom stereocenters. The Bertz CT molecular complexity index is 387. The van der Waals surface area contributed by atoms with Gasteiger partial charge in [-0.05, 0) is 25.0 Å². The highest BCUT2D eigenvalue weighted by molar-refractivity contribution is 5.93. The highest BCUT2D eigenvalue weighted by Crippen LogP contribution is 2.21. The number of aromatic nitrogens is 1. The van der Waals surface area contributed by atoms with Gasteiger partial charge in [0.2, 0.25) is 0 Å². The molecule has 1 aliphatic heterocycles. The number of aromatic carboxylic acids is 1. The van der Waals surface area contributed by atoms with E-state index in [1.165, 1.54) is 0 Å². The average Bonchev–Trinajstić information content (AvgIpc) is 2.30. The summed E-state index contributed by atoms with van der Waals surface area (Å²) in [6, 6.07) is 3.45. The fourth-order valence-corrected chi connectivity index (χ4v) is 1.93. The molecule has 1 aromatic rings. The predicted octanol–water partition coefficient (Wildman–Crippen LogP) is 0.707. The molecule has 1 aliphatic rings. The number of piperidine rings is 1. The van der Waals surface area contributed by atoms with Gasteiger partial charge in [0, 0.05) is 25.3 Å². The van der Waals surface area contributed by atoms with Crippen LogP contribution in [0.25, 0.3) is 0 Å². The van der Waals surface area contributed by atoms with E-state index in [0.717, 1.165) is 25.9 Å². The maximum atomic E-state index is 11.0. The first-order chi connectivity index (χ1) is 7.68. The molecule has 86 valence electrons. The van der Waals surface area contributed by atoms with Gasteiger partial charge in [0.15, 0.2) is 0 Å². The van der Waals surface area contributed by atoms with E-state index in [-0.39, 0.29) is 11.6 Å². The first-order valence-electron chi connectivity index (χ1n) is 5.37. The number of anilines is 1. The molecule has 0 amide bonds. The monoisotopic (exact) mass is 221 g/mol. The first kappa shape index (κ1) is 10.9. The number of hydrogen-bond donors (Lipinski definition) is 2. The zero-order valence-electron chi connectivity index (χ0n) is 8.97. The quantitative estimate of drug-likeness (QED) is 0.768. The van der Waals surface area contributed by atoms with Crippen LogP contribution in [0, 0.1) is 0 Å². The zero-order chi connectivity index (χ0) is 11.5. The van der Waals surface area contributed by atoms with Crippen LogP contribution in [0.1, 0.15) is 23.2 Å². The normalized spacial score (nSPS) is 17.4. The Morgan fingerprint density at radius 2 is 2.19 bits per heavy atom. The van der Waals surface area contributed by atoms with Gasteiger partial charge in [-0.1, -0.05) is 0 Å². The molecule has 5 heteroatoms. The summed E-state index contributed by atoms with van der Waals surface area (Å²) < 4.78 is 0. The number of carboxylic acid groups (broad SMARTS) is 1. The highest BCUT2D eigenvalue weighted by Gasteiger charge is 2.21. The largest absolute Gasteiger partial charge is 0.478 e. The van der Waals surface area contributed by atoms with Crippen molar-refractivity contribution in [3.05, 3.63) is 23.9 Å². The van der Waals surface area contributed by atoms with Crippen LogP contribution in [0.4, 0.5) is 5.82 Å². The molecule has 1 saturated heterocycles. The second kappa shape index (κ2) is 4.49. The third-order valence-electron chi connectivity index (χ3n) is 2.86. The van der Waals surface area contributed by atoms with Crippen LogP contribution in [0.15, 0.2) is 18.3 Å². The number of rotatable bonds is 2. The summed E-state index contributed by atoms with van der Waals surface area (Å²) in [5.41, 5.74) is 6.07. The van der Waals surface area contributed by atoms with Crippen LogP contribution in [-0.4, -0.2) is 35.2 Å². The molecular formula is C11H15N3O2. The minimum atomic E-state index is -0.932. The third kappa shape index (κ3) is 2.14. The van der Waals surface area contributed by atoms with Crippen molar-refractivity contribution in [3.63, 3.8) is 0 Å². The van der Waals surface area contributed by atoms with Crippen molar-refractivity contribution < 1.29 is 9.90 Å². The highest BCUT2D eigenvalue weighted by atomic mass is 16.4. The van der Waals surface area contributed by atoms with Gasteiger partial charge in [0.25, 0.3) is 0 Å². The van der Waals surface area contributed by atoms with Crippen LogP contribution >= 0.6 is 0 Å². The maximum Gasteiger partial charge on any atom is 0.339 e. The molecule has 1 aromatic heterocycles. The van der Waals surface area contributed by atoms with Crippen molar-refractivity contribution in [2.45, 2.75) is 18.9 Å². The van der Waals surface area contributed by atoms with Gasteiger partial charge >= 0.3 is 5.97 Å². The smallest absolute Gasteiger partial charge is 0.339 e. The fourth-order valence-electron chi connectivity index (χ4n) is 1.93. The lowest BCUT2D eigenvalue weighted by Crippen LogP contribution is -2.40. The standard InChI is InChI=1S/C11H15N3O2/c12-8-3-6-14(7-4-8)10-9(11(15)16)2-1-5-13-10/h1-2,5,8H,3-4,6-7,12H2,(H,15,16). The fraction of sp³-hybridized carbons (Fsp3) is 0.455. The summed E-state index contributed by atoms with van der Waals surface area (Å²) in [7, 11) is 0. The summed E-state index contributed by atoms with van der Waals surface area (Å²) >= 11 is 0. The van der Waals surface area contributed by atoms with Crippen molar-refractivity contribution in [2.24, 2.45) is 5.73 Å². The molecule has 1 fully saturated rings. The summed E-state index contributed by atoms with van der Waals surface area (Å²) in [4.78, 5) is 17.2. The van der Waals surface area contributed by atoms with E-state index in [0.29, 0.717) is 5.82 Å². The van der Waals surface area contributed by atoms with Crippen molar-refractivity contribution in [1.29, 1.82) is 0 Å². The number of hydrogen-bond acceptors (Lipinski definition) is 4. The van der Waals surface area contributed by atoms with Gasteiger partial charge in [0.1, 0.15) is 11.4 Å². The number of pyridine rings is 1. The van der Waals surface area contributed by atoms with Crippen molar-refractivity contribution in [1.82, 2.24) is 4.98 Å². The third-order valence-corrected chi connectivity index (χ3v) is 2.86. The lowest BCUT2D eigenvalue weighted by Gasteiger charge is -2.31. The summed E-state index contributed by atoms with van der Waals surface area (Å²) in [6.07, 6.45) is 3.39. The first-order valence-corrected chi connectivity index (χ1v) is 5.37. The second-order valence-corrected chi connectivity index (χ2v) is 4.00. The molecule has 16 heavy (non-hydrogen) atoms. The Kier molecular flexibility index (Phi) is 3.05. The Labute approximate surface area is 93.9 Å². The Morgan fingerprint density at radius 3 is 2.81 bits per heavy atom. The molecule has 0 saturated carbocycles. The minimum absolute atomic E-state index is 0.230. The number of nitrogens with two attached hydrogens (primary N) is 1. The second-order valence-electron chi connectivity index (χ2n) is 4.00. The molecule has 3 N–H and O–H groups in total. The average molecular weight is 221 g/mol. The van der Waals surface area contributed by atoms with Gasteiger partial charge in [0.05, 0.1) is 0 Å². The van der Waals surface area contributed by atoms with Crippen LogP contribution in [0.3, 0.4) is 0 Å². The van der Waals surface area contributed by atoms with E-state index in [1.54, 1.807) is 18.3 Å². The van der Waals surface area contributed by atoms with Crippen LogP contribution in [0.5, 0.6) is 0 Å². The van der Waals surface area contributed by atoms with Crippen molar-refractivity contribution in [3.8, 4) is 0 Å². The van der Waals surface area contributed by atoms with Crippen molar-refractivity contribution >= 4 is 11.8 Å². The summed E-state index contributed by atoms with van der Waals surface area (Å²) in [5, 5.41) is 9.06. The van der Waals surface area contributed by atoms with Gasteiger partial charge in [-0.25, -0.2) is 9.78 Å².